The maximum absolute atomic E-state index is 12.5. The zero-order valence-corrected chi connectivity index (χ0v) is 12.4. The lowest BCUT2D eigenvalue weighted by molar-refractivity contribution is 0.0926. The molecule has 21 heavy (non-hydrogen) atoms. The van der Waals surface area contributed by atoms with Crippen molar-refractivity contribution in [3.8, 4) is 0 Å². The van der Waals surface area contributed by atoms with Crippen molar-refractivity contribution in [2.45, 2.75) is 0 Å². The lowest BCUT2D eigenvalue weighted by Crippen LogP contribution is -2.29. The molecular formula is C14H4Cl3NO3. The lowest BCUT2D eigenvalue weighted by Gasteiger charge is -2.15. The van der Waals surface area contributed by atoms with Crippen LogP contribution in [-0.4, -0.2) is 11.8 Å². The highest BCUT2D eigenvalue weighted by Crippen LogP contribution is 2.40. The number of imide groups is 1. The van der Waals surface area contributed by atoms with Crippen molar-refractivity contribution in [1.29, 1.82) is 0 Å². The summed E-state index contributed by atoms with van der Waals surface area (Å²) in [6.07, 6.45) is 0. The highest BCUT2D eigenvalue weighted by molar-refractivity contribution is 6.48. The van der Waals surface area contributed by atoms with E-state index >= 15 is 0 Å². The van der Waals surface area contributed by atoms with Crippen molar-refractivity contribution in [2.24, 2.45) is 0 Å². The Hall–Kier alpha value is -1.75. The Morgan fingerprint density at radius 2 is 1.33 bits per heavy atom. The summed E-state index contributed by atoms with van der Waals surface area (Å²) in [5.41, 5.74) is 1.62. The normalized spacial score (nSPS) is 14.5. The summed E-state index contributed by atoms with van der Waals surface area (Å²) >= 11 is 17.8. The van der Waals surface area contributed by atoms with Crippen LogP contribution in [0.5, 0.6) is 0 Å². The maximum Gasteiger partial charge on any atom is 0.270 e. The van der Waals surface area contributed by atoms with Crippen molar-refractivity contribution < 1.29 is 14.0 Å². The third-order valence-corrected chi connectivity index (χ3v) is 4.61. The van der Waals surface area contributed by atoms with Crippen LogP contribution in [0.2, 0.25) is 15.1 Å². The molecule has 104 valence electrons. The molecule has 0 fully saturated rings. The van der Waals surface area contributed by atoms with Gasteiger partial charge in [-0.3, -0.25) is 9.59 Å². The second-order valence-corrected chi connectivity index (χ2v) is 5.78. The van der Waals surface area contributed by atoms with Crippen LogP contribution in [0.1, 0.15) is 20.7 Å². The number of benzene rings is 2. The Labute approximate surface area is 133 Å². The largest absolute Gasteiger partial charge is 0.456 e. The number of anilines is 1. The smallest absolute Gasteiger partial charge is 0.270 e. The first kappa shape index (κ1) is 13.0. The number of halogens is 3. The van der Waals surface area contributed by atoms with Gasteiger partial charge >= 0.3 is 0 Å². The van der Waals surface area contributed by atoms with Gasteiger partial charge < -0.3 is 4.42 Å². The summed E-state index contributed by atoms with van der Waals surface area (Å²) in [5, 5.41) is 0.518. The van der Waals surface area contributed by atoms with Crippen LogP contribution in [0.3, 0.4) is 0 Å². The SMILES string of the molecule is O=C1c2c(c3ccc2o3)C(=O)N1c1cc(Cl)c(Cl)c(Cl)c1. The minimum atomic E-state index is -0.459. The maximum atomic E-state index is 12.5. The first-order chi connectivity index (χ1) is 9.99. The summed E-state index contributed by atoms with van der Waals surface area (Å²) in [6, 6.07) is 6.17. The van der Waals surface area contributed by atoms with Gasteiger partial charge in [-0.05, 0) is 24.3 Å². The van der Waals surface area contributed by atoms with E-state index in [1.165, 1.54) is 12.1 Å². The topological polar surface area (TPSA) is 50.5 Å². The fraction of sp³-hybridized carbons (Fsp3) is 0. The van der Waals surface area contributed by atoms with Gasteiger partial charge in [-0.25, -0.2) is 4.90 Å². The second-order valence-electron chi connectivity index (χ2n) is 4.58. The molecule has 3 aromatic rings. The van der Waals surface area contributed by atoms with Gasteiger partial charge in [-0.15, -0.1) is 0 Å². The third-order valence-electron chi connectivity index (χ3n) is 3.41. The minimum Gasteiger partial charge on any atom is -0.456 e. The molecule has 1 aromatic carbocycles. The summed E-state index contributed by atoms with van der Waals surface area (Å²) in [5.74, 6) is -0.919. The van der Waals surface area contributed by atoms with E-state index in [1.54, 1.807) is 12.1 Å². The van der Waals surface area contributed by atoms with Gasteiger partial charge in [0.2, 0.25) is 0 Å². The molecule has 0 aliphatic carbocycles. The van der Waals surface area contributed by atoms with Crippen molar-refractivity contribution in [2.75, 3.05) is 4.90 Å². The van der Waals surface area contributed by atoms with E-state index in [4.69, 9.17) is 39.2 Å². The van der Waals surface area contributed by atoms with E-state index in [9.17, 15) is 9.59 Å². The molecule has 0 N–H and O–H groups in total. The van der Waals surface area contributed by atoms with Crippen LogP contribution >= 0.6 is 34.8 Å². The van der Waals surface area contributed by atoms with Crippen molar-refractivity contribution in [1.82, 2.24) is 0 Å². The van der Waals surface area contributed by atoms with Crippen LogP contribution in [0.25, 0.3) is 11.2 Å². The number of nitrogens with zero attached hydrogens (tertiary/aromatic N) is 1. The molecule has 7 heteroatoms. The molecule has 0 unspecified atom stereocenters. The molecule has 0 spiro atoms. The molecule has 4 rings (SSSR count). The molecule has 2 aromatic heterocycles. The minimum absolute atomic E-state index is 0.171. The first-order valence-electron chi connectivity index (χ1n) is 5.87. The molecular weight excluding hydrogens is 337 g/mol. The van der Waals surface area contributed by atoms with Crippen LogP contribution in [0, 0.1) is 0 Å². The van der Waals surface area contributed by atoms with Gasteiger partial charge in [0.1, 0.15) is 11.2 Å². The van der Waals surface area contributed by atoms with Gasteiger partial charge in [-0.1, -0.05) is 34.8 Å². The number of carbonyl (C=O) groups is 2. The fourth-order valence-corrected chi connectivity index (χ4v) is 3.08. The molecule has 3 heterocycles. The molecule has 0 radical (unpaired) electrons. The molecule has 4 nitrogen and oxygen atoms in total. The number of amides is 2. The monoisotopic (exact) mass is 339 g/mol. The highest BCUT2D eigenvalue weighted by Gasteiger charge is 2.42. The molecule has 1 aliphatic rings. The van der Waals surface area contributed by atoms with Gasteiger partial charge in [0.25, 0.3) is 11.8 Å². The number of furan rings is 2. The Morgan fingerprint density at radius 1 is 0.857 bits per heavy atom. The Kier molecular flexibility index (Phi) is 2.55. The van der Waals surface area contributed by atoms with E-state index in [0.29, 0.717) is 11.2 Å². The van der Waals surface area contributed by atoms with E-state index in [0.717, 1.165) is 4.90 Å². The number of hydrogen-bond acceptors (Lipinski definition) is 3. The van der Waals surface area contributed by atoms with Gasteiger partial charge in [0.15, 0.2) is 0 Å². The van der Waals surface area contributed by atoms with Crippen LogP contribution < -0.4 is 4.90 Å². The van der Waals surface area contributed by atoms with Crippen LogP contribution in [0.15, 0.2) is 28.7 Å². The molecule has 2 bridgehead atoms. The molecule has 0 atom stereocenters. The average Bonchev–Trinajstić information content (AvgIpc) is 3.10. The first-order valence-corrected chi connectivity index (χ1v) is 7.00. The number of fused-ring (bicyclic) bond motifs is 5. The van der Waals surface area contributed by atoms with E-state index < -0.39 is 11.8 Å². The van der Waals surface area contributed by atoms with Gasteiger partial charge in [0, 0.05) is 0 Å². The summed E-state index contributed by atoms with van der Waals surface area (Å²) in [7, 11) is 0. The quantitative estimate of drug-likeness (QED) is 0.479. The van der Waals surface area contributed by atoms with Crippen LogP contribution in [0.4, 0.5) is 5.69 Å². The predicted octanol–water partition coefficient (Wildman–Crippen LogP) is 4.63. The number of hydrogen-bond donors (Lipinski definition) is 0. The Bertz CT molecular complexity index is 863. The average molecular weight is 341 g/mol. The third kappa shape index (κ3) is 1.58. The molecule has 0 saturated heterocycles. The summed E-state index contributed by atoms with van der Waals surface area (Å²) < 4.78 is 5.34. The number of carbonyl (C=O) groups excluding carboxylic acids is 2. The Balaban J connectivity index is 1.90. The van der Waals surface area contributed by atoms with Crippen molar-refractivity contribution in [3.63, 3.8) is 0 Å². The van der Waals surface area contributed by atoms with E-state index in [2.05, 4.69) is 0 Å². The van der Waals surface area contributed by atoms with Crippen LogP contribution in [-0.2, 0) is 0 Å². The van der Waals surface area contributed by atoms with Gasteiger partial charge in [0.05, 0.1) is 31.9 Å². The summed E-state index contributed by atoms with van der Waals surface area (Å²) in [4.78, 5) is 26.0. The molecule has 2 amide bonds. The lowest BCUT2D eigenvalue weighted by atomic mass is 10.1. The number of rotatable bonds is 1. The standard InChI is InChI=1S/C14H4Cl3NO3/c15-6-3-5(4-7(16)12(6)17)18-13(19)10-8-1-2-9(21-8)11(10)14(18)20/h1-4H. The second kappa shape index (κ2) is 4.13. The van der Waals surface area contributed by atoms with E-state index in [1.807, 2.05) is 0 Å². The fourth-order valence-electron chi connectivity index (χ4n) is 2.50. The highest BCUT2D eigenvalue weighted by atomic mass is 35.5. The zero-order valence-electron chi connectivity index (χ0n) is 10.1. The van der Waals surface area contributed by atoms with Crippen molar-refractivity contribution >= 4 is 63.5 Å². The Morgan fingerprint density at radius 3 is 1.81 bits per heavy atom. The predicted molar refractivity (Wildman–Crippen MR) is 80.0 cm³/mol. The zero-order chi connectivity index (χ0) is 14.9. The van der Waals surface area contributed by atoms with Gasteiger partial charge in [-0.2, -0.15) is 0 Å². The van der Waals surface area contributed by atoms with Crippen molar-refractivity contribution in [3.05, 3.63) is 50.5 Å². The van der Waals surface area contributed by atoms with E-state index in [-0.39, 0.29) is 31.9 Å². The molecule has 1 aliphatic heterocycles. The summed E-state index contributed by atoms with van der Waals surface area (Å²) in [6.45, 7) is 0. The molecule has 0 saturated carbocycles.